The van der Waals surface area contributed by atoms with Gasteiger partial charge in [0.2, 0.25) is 0 Å². The standard InChI is InChI=1S/C23H27ClN4O2/c1-4-17(18-6-8-27-22(18)25-3)19-12-15(24)10-14-11-20(30-21(14)19)23(29)28-16-5-7-26-13(2)9-16/h4,6,8,10,12-13,16,20,26-27H,3,5,7,9,11H2,1-2H3,(H,28,29)/b17-4+/t13-,16-,20-/m1/s1. The summed E-state index contributed by atoms with van der Waals surface area (Å²) in [6.45, 7) is 8.65. The number of H-pyrrole nitrogens is 1. The Morgan fingerprint density at radius 1 is 1.40 bits per heavy atom. The number of aliphatic imine (C=N–C) groups is 1. The average Bonchev–Trinajstić information content (AvgIpc) is 3.35. The summed E-state index contributed by atoms with van der Waals surface area (Å²) >= 11 is 6.43. The summed E-state index contributed by atoms with van der Waals surface area (Å²) in [5.41, 5.74) is 3.65. The molecule has 30 heavy (non-hydrogen) atoms. The van der Waals surface area contributed by atoms with Crippen molar-refractivity contribution in [1.29, 1.82) is 0 Å². The number of halogens is 1. The molecular weight excluding hydrogens is 400 g/mol. The van der Waals surface area contributed by atoms with Crippen LogP contribution in [0.25, 0.3) is 5.57 Å². The molecule has 158 valence electrons. The van der Waals surface area contributed by atoms with E-state index < -0.39 is 6.10 Å². The van der Waals surface area contributed by atoms with Gasteiger partial charge in [-0.3, -0.25) is 4.79 Å². The predicted octanol–water partition coefficient (Wildman–Crippen LogP) is 4.01. The van der Waals surface area contributed by atoms with E-state index in [2.05, 4.69) is 34.3 Å². The minimum absolute atomic E-state index is 0.0653. The molecule has 0 radical (unpaired) electrons. The van der Waals surface area contributed by atoms with Crippen molar-refractivity contribution in [1.82, 2.24) is 15.6 Å². The SMILES string of the molecule is C=Nc1[nH]ccc1/C(=C\C)c1cc(Cl)cc2c1O[C@@H](C(=O)N[C@@H]1CCN[C@H](C)C1)C2. The van der Waals surface area contributed by atoms with E-state index in [0.29, 0.717) is 29.1 Å². The maximum atomic E-state index is 12.9. The number of nitrogens with zero attached hydrogens (tertiary/aromatic N) is 1. The molecular formula is C23H27ClN4O2. The number of hydrogen-bond acceptors (Lipinski definition) is 4. The minimum Gasteiger partial charge on any atom is -0.479 e. The maximum Gasteiger partial charge on any atom is 0.261 e. The van der Waals surface area contributed by atoms with E-state index in [9.17, 15) is 4.79 Å². The molecule has 0 unspecified atom stereocenters. The van der Waals surface area contributed by atoms with Gasteiger partial charge >= 0.3 is 0 Å². The molecule has 6 nitrogen and oxygen atoms in total. The Hall–Kier alpha value is -2.57. The number of ether oxygens (including phenoxy) is 1. The number of allylic oxidation sites excluding steroid dienone is 1. The summed E-state index contributed by atoms with van der Waals surface area (Å²) in [5.74, 6) is 1.33. The van der Waals surface area contributed by atoms with E-state index in [4.69, 9.17) is 16.3 Å². The first-order chi connectivity index (χ1) is 14.5. The number of nitrogens with one attached hydrogen (secondary N) is 3. The van der Waals surface area contributed by atoms with E-state index >= 15 is 0 Å². The van der Waals surface area contributed by atoms with Gasteiger partial charge < -0.3 is 20.4 Å². The van der Waals surface area contributed by atoms with Crippen LogP contribution in [0.5, 0.6) is 5.75 Å². The van der Waals surface area contributed by atoms with Crippen molar-refractivity contribution in [2.45, 2.75) is 51.3 Å². The summed E-state index contributed by atoms with van der Waals surface area (Å²) in [6.07, 6.45) is 5.63. The molecule has 0 spiro atoms. The lowest BCUT2D eigenvalue weighted by Crippen LogP contribution is -2.49. The van der Waals surface area contributed by atoms with E-state index in [-0.39, 0.29) is 11.9 Å². The first-order valence-electron chi connectivity index (χ1n) is 10.3. The first-order valence-corrected chi connectivity index (χ1v) is 10.7. The summed E-state index contributed by atoms with van der Waals surface area (Å²) in [7, 11) is 0. The van der Waals surface area contributed by atoms with Crippen molar-refractivity contribution in [2.24, 2.45) is 4.99 Å². The number of carbonyl (C=O) groups is 1. The van der Waals surface area contributed by atoms with Crippen LogP contribution in [0, 0.1) is 0 Å². The minimum atomic E-state index is -0.552. The molecule has 1 amide bonds. The van der Waals surface area contributed by atoms with Gasteiger partial charge in [0, 0.05) is 46.4 Å². The lowest BCUT2D eigenvalue weighted by Gasteiger charge is -2.29. The topological polar surface area (TPSA) is 78.5 Å². The maximum absolute atomic E-state index is 12.9. The first kappa shape index (κ1) is 20.7. The monoisotopic (exact) mass is 426 g/mol. The zero-order valence-corrected chi connectivity index (χ0v) is 18.1. The molecule has 0 bridgehead atoms. The van der Waals surface area contributed by atoms with Crippen LogP contribution in [0.2, 0.25) is 5.02 Å². The molecule has 1 saturated heterocycles. The number of benzene rings is 1. The second kappa shape index (κ2) is 8.66. The summed E-state index contributed by atoms with van der Waals surface area (Å²) in [5, 5.41) is 7.19. The van der Waals surface area contributed by atoms with Gasteiger partial charge in [0.05, 0.1) is 0 Å². The van der Waals surface area contributed by atoms with Crippen LogP contribution in [0.1, 0.15) is 43.4 Å². The lowest BCUT2D eigenvalue weighted by molar-refractivity contribution is -0.128. The Kier molecular flexibility index (Phi) is 5.97. The third-order valence-electron chi connectivity index (χ3n) is 5.81. The molecule has 4 rings (SSSR count). The zero-order chi connectivity index (χ0) is 21.3. The van der Waals surface area contributed by atoms with Crippen LogP contribution < -0.4 is 15.4 Å². The lowest BCUT2D eigenvalue weighted by atomic mass is 9.95. The van der Waals surface area contributed by atoms with Gasteiger partial charge in [-0.05, 0) is 63.7 Å². The molecule has 2 aliphatic rings. The number of fused-ring (bicyclic) bond motifs is 1. The number of aromatic amines is 1. The molecule has 1 aromatic heterocycles. The molecule has 2 aliphatic heterocycles. The van der Waals surface area contributed by atoms with Gasteiger partial charge in [0.25, 0.3) is 5.91 Å². The quantitative estimate of drug-likeness (QED) is 0.632. The van der Waals surface area contributed by atoms with Crippen molar-refractivity contribution < 1.29 is 9.53 Å². The third kappa shape index (κ3) is 4.02. The van der Waals surface area contributed by atoms with Crippen molar-refractivity contribution in [3.05, 3.63) is 52.2 Å². The van der Waals surface area contributed by atoms with Crippen LogP contribution in [-0.2, 0) is 11.2 Å². The Morgan fingerprint density at radius 2 is 2.23 bits per heavy atom. The fourth-order valence-corrected chi connectivity index (χ4v) is 4.63. The molecule has 2 aromatic rings. The van der Waals surface area contributed by atoms with Crippen molar-refractivity contribution in [2.75, 3.05) is 6.54 Å². The number of piperidine rings is 1. The molecule has 7 heteroatoms. The number of aromatic nitrogens is 1. The Bertz CT molecular complexity index is 997. The number of amides is 1. The Balaban J connectivity index is 1.59. The molecule has 3 atom stereocenters. The number of carbonyl (C=O) groups excluding carboxylic acids is 1. The smallest absolute Gasteiger partial charge is 0.261 e. The van der Waals surface area contributed by atoms with Crippen LogP contribution >= 0.6 is 11.6 Å². The van der Waals surface area contributed by atoms with Crippen LogP contribution in [0.15, 0.2) is 35.5 Å². The van der Waals surface area contributed by atoms with Crippen LogP contribution in [-0.4, -0.2) is 42.3 Å². The van der Waals surface area contributed by atoms with Crippen LogP contribution in [0.3, 0.4) is 0 Å². The summed E-state index contributed by atoms with van der Waals surface area (Å²) in [6, 6.07) is 6.30. The molecule has 1 fully saturated rings. The largest absolute Gasteiger partial charge is 0.479 e. The van der Waals surface area contributed by atoms with Gasteiger partial charge in [-0.1, -0.05) is 17.7 Å². The Labute approximate surface area is 181 Å². The molecule has 1 aromatic carbocycles. The van der Waals surface area contributed by atoms with Crippen LogP contribution in [0.4, 0.5) is 5.82 Å². The molecule has 0 aliphatic carbocycles. The number of hydrogen-bond donors (Lipinski definition) is 3. The highest BCUT2D eigenvalue weighted by Crippen LogP contribution is 2.42. The van der Waals surface area contributed by atoms with Crippen molar-refractivity contribution in [3.8, 4) is 5.75 Å². The Morgan fingerprint density at radius 3 is 2.97 bits per heavy atom. The highest BCUT2D eigenvalue weighted by atomic mass is 35.5. The molecule has 3 heterocycles. The summed E-state index contributed by atoms with van der Waals surface area (Å²) < 4.78 is 6.19. The van der Waals surface area contributed by atoms with Gasteiger partial charge in [-0.15, -0.1) is 0 Å². The van der Waals surface area contributed by atoms with E-state index in [1.165, 1.54) is 0 Å². The van der Waals surface area contributed by atoms with Crippen molar-refractivity contribution in [3.63, 3.8) is 0 Å². The molecule has 0 saturated carbocycles. The molecule has 3 N–H and O–H groups in total. The normalized spacial score (nSPS) is 23.6. The second-order valence-electron chi connectivity index (χ2n) is 7.94. The van der Waals surface area contributed by atoms with Gasteiger partial charge in [0.1, 0.15) is 11.6 Å². The fourth-order valence-electron chi connectivity index (χ4n) is 4.39. The summed E-state index contributed by atoms with van der Waals surface area (Å²) in [4.78, 5) is 20.1. The third-order valence-corrected chi connectivity index (χ3v) is 6.03. The average molecular weight is 427 g/mol. The van der Waals surface area contributed by atoms with E-state index in [1.807, 2.05) is 37.4 Å². The van der Waals surface area contributed by atoms with Gasteiger partial charge in [0.15, 0.2) is 6.10 Å². The highest BCUT2D eigenvalue weighted by molar-refractivity contribution is 6.31. The number of rotatable bonds is 5. The van der Waals surface area contributed by atoms with Crippen molar-refractivity contribution >= 4 is 35.6 Å². The second-order valence-corrected chi connectivity index (χ2v) is 8.37. The highest BCUT2D eigenvalue weighted by Gasteiger charge is 2.34. The van der Waals surface area contributed by atoms with Gasteiger partial charge in [-0.2, -0.15) is 0 Å². The van der Waals surface area contributed by atoms with Gasteiger partial charge in [-0.25, -0.2) is 4.99 Å². The zero-order valence-electron chi connectivity index (χ0n) is 17.3. The predicted molar refractivity (Wildman–Crippen MR) is 121 cm³/mol. The van der Waals surface area contributed by atoms with E-state index in [0.717, 1.165) is 41.6 Å². The van der Waals surface area contributed by atoms with E-state index in [1.54, 1.807) is 0 Å². The fraction of sp³-hybridized carbons (Fsp3) is 0.391.